The summed E-state index contributed by atoms with van der Waals surface area (Å²) in [6.45, 7) is 0.241. The molecule has 0 fully saturated rings. The van der Waals surface area contributed by atoms with Gasteiger partial charge in [-0.05, 0) is 12.1 Å². The van der Waals surface area contributed by atoms with Crippen LogP contribution in [0.5, 0.6) is 5.75 Å². The molecular formula is C10H12N4O2. The topological polar surface area (TPSA) is 75.2 Å². The summed E-state index contributed by atoms with van der Waals surface area (Å²) >= 11 is 0. The van der Waals surface area contributed by atoms with Crippen molar-refractivity contribution in [3.05, 3.63) is 36.2 Å². The van der Waals surface area contributed by atoms with Crippen LogP contribution in [0.15, 0.2) is 30.5 Å². The van der Waals surface area contributed by atoms with Crippen LogP contribution in [0, 0.1) is 0 Å². The minimum absolute atomic E-state index is 0.241. The summed E-state index contributed by atoms with van der Waals surface area (Å²) in [5, 5.41) is 7.78. The van der Waals surface area contributed by atoms with Gasteiger partial charge in [0.15, 0.2) is 0 Å². The Bertz CT molecular complexity index is 469. The molecular weight excluding hydrogens is 208 g/mol. The summed E-state index contributed by atoms with van der Waals surface area (Å²) in [7, 11) is 1.61. The molecule has 0 amide bonds. The van der Waals surface area contributed by atoms with Crippen molar-refractivity contribution in [2.75, 3.05) is 7.11 Å². The van der Waals surface area contributed by atoms with E-state index in [2.05, 4.69) is 15.1 Å². The fraction of sp³-hybridized carbons (Fsp3) is 0.200. The smallest absolute Gasteiger partial charge is 0.144 e. The zero-order chi connectivity index (χ0) is 11.4. The second kappa shape index (κ2) is 4.73. The summed E-state index contributed by atoms with van der Waals surface area (Å²) in [5.74, 6) is 5.75. The molecule has 0 radical (unpaired) electrons. The van der Waals surface area contributed by atoms with Gasteiger partial charge in [-0.2, -0.15) is 0 Å². The van der Waals surface area contributed by atoms with Crippen LogP contribution < -0.4 is 10.6 Å². The fourth-order valence-electron chi connectivity index (χ4n) is 1.45. The van der Waals surface area contributed by atoms with E-state index in [1.807, 2.05) is 24.3 Å². The first kappa shape index (κ1) is 10.6. The summed E-state index contributed by atoms with van der Waals surface area (Å²) in [4.78, 5) is 4.58. The van der Waals surface area contributed by atoms with E-state index >= 15 is 0 Å². The maximum atomic E-state index is 5.24. The summed E-state index contributed by atoms with van der Waals surface area (Å²) < 4.78 is 6.87. The van der Waals surface area contributed by atoms with Crippen molar-refractivity contribution in [3.63, 3.8) is 0 Å². The normalized spacial score (nSPS) is 10.4. The van der Waals surface area contributed by atoms with E-state index in [0.29, 0.717) is 5.75 Å². The highest BCUT2D eigenvalue weighted by atomic mass is 16.6. The van der Waals surface area contributed by atoms with E-state index in [1.165, 1.54) is 0 Å². The third kappa shape index (κ3) is 1.88. The van der Waals surface area contributed by atoms with E-state index in [1.54, 1.807) is 18.0 Å². The molecule has 0 saturated carbocycles. The summed E-state index contributed by atoms with van der Waals surface area (Å²) in [5.41, 5.74) is 1.56. The minimum atomic E-state index is 0.241. The van der Waals surface area contributed by atoms with Crippen molar-refractivity contribution >= 4 is 0 Å². The van der Waals surface area contributed by atoms with Crippen molar-refractivity contribution in [1.29, 1.82) is 0 Å². The van der Waals surface area contributed by atoms with Gasteiger partial charge in [-0.15, -0.1) is 5.10 Å². The molecule has 6 nitrogen and oxygen atoms in total. The van der Waals surface area contributed by atoms with E-state index < -0.39 is 0 Å². The van der Waals surface area contributed by atoms with Gasteiger partial charge in [0, 0.05) is 0 Å². The lowest BCUT2D eigenvalue weighted by Gasteiger charge is -2.09. The number of methoxy groups -OCH3 is 1. The molecule has 0 spiro atoms. The molecule has 0 saturated heterocycles. The first-order chi connectivity index (χ1) is 7.86. The van der Waals surface area contributed by atoms with Gasteiger partial charge in [-0.3, -0.25) is 4.84 Å². The SMILES string of the molecule is COc1ccccc1-n1nncc1CON. The Morgan fingerprint density at radius 1 is 1.38 bits per heavy atom. The lowest BCUT2D eigenvalue weighted by atomic mass is 10.3. The number of aromatic nitrogens is 3. The monoisotopic (exact) mass is 220 g/mol. The number of rotatable bonds is 4. The van der Waals surface area contributed by atoms with Crippen LogP contribution in [0.3, 0.4) is 0 Å². The van der Waals surface area contributed by atoms with E-state index in [4.69, 9.17) is 10.6 Å². The van der Waals surface area contributed by atoms with Crippen LogP contribution in [0.4, 0.5) is 0 Å². The second-order valence-corrected chi connectivity index (χ2v) is 3.12. The van der Waals surface area contributed by atoms with Crippen LogP contribution in [-0.4, -0.2) is 22.1 Å². The van der Waals surface area contributed by atoms with Gasteiger partial charge < -0.3 is 4.74 Å². The van der Waals surface area contributed by atoms with Crippen molar-refractivity contribution in [1.82, 2.24) is 15.0 Å². The molecule has 1 aromatic carbocycles. The van der Waals surface area contributed by atoms with E-state index in [0.717, 1.165) is 11.4 Å². The Labute approximate surface area is 92.5 Å². The van der Waals surface area contributed by atoms with Gasteiger partial charge in [0.2, 0.25) is 0 Å². The van der Waals surface area contributed by atoms with Gasteiger partial charge in [0.05, 0.1) is 19.0 Å². The quantitative estimate of drug-likeness (QED) is 0.766. The number of para-hydroxylation sites is 2. The number of hydrogen-bond acceptors (Lipinski definition) is 5. The molecule has 1 heterocycles. The number of hydrogen-bond donors (Lipinski definition) is 1. The molecule has 84 valence electrons. The van der Waals surface area contributed by atoms with Crippen LogP contribution in [0.25, 0.3) is 5.69 Å². The molecule has 0 aliphatic heterocycles. The largest absolute Gasteiger partial charge is 0.494 e. The molecule has 0 aliphatic rings. The van der Waals surface area contributed by atoms with Crippen molar-refractivity contribution in [2.45, 2.75) is 6.61 Å². The van der Waals surface area contributed by atoms with Gasteiger partial charge >= 0.3 is 0 Å². The van der Waals surface area contributed by atoms with Crippen molar-refractivity contribution in [2.24, 2.45) is 5.90 Å². The molecule has 2 rings (SSSR count). The molecule has 0 bridgehead atoms. The van der Waals surface area contributed by atoms with Crippen LogP contribution in [-0.2, 0) is 11.4 Å². The molecule has 16 heavy (non-hydrogen) atoms. The fourth-order valence-corrected chi connectivity index (χ4v) is 1.45. The molecule has 2 N–H and O–H groups in total. The molecule has 0 atom stereocenters. The highest BCUT2D eigenvalue weighted by molar-refractivity contribution is 5.46. The van der Waals surface area contributed by atoms with Gasteiger partial charge in [-0.1, -0.05) is 17.3 Å². The Morgan fingerprint density at radius 2 is 2.19 bits per heavy atom. The zero-order valence-electron chi connectivity index (χ0n) is 8.83. The predicted octanol–water partition coefficient (Wildman–Crippen LogP) is 0.666. The van der Waals surface area contributed by atoms with E-state index in [9.17, 15) is 0 Å². The van der Waals surface area contributed by atoms with Gasteiger partial charge in [-0.25, -0.2) is 10.6 Å². The van der Waals surface area contributed by atoms with Crippen LogP contribution >= 0.6 is 0 Å². The lowest BCUT2D eigenvalue weighted by molar-refractivity contribution is 0.119. The number of nitrogens with zero attached hydrogens (tertiary/aromatic N) is 3. The maximum Gasteiger partial charge on any atom is 0.144 e. The third-order valence-electron chi connectivity index (χ3n) is 2.16. The van der Waals surface area contributed by atoms with E-state index in [-0.39, 0.29) is 6.61 Å². The minimum Gasteiger partial charge on any atom is -0.494 e. The van der Waals surface area contributed by atoms with Crippen LogP contribution in [0.1, 0.15) is 5.69 Å². The van der Waals surface area contributed by atoms with Crippen LogP contribution in [0.2, 0.25) is 0 Å². The number of ether oxygens (including phenoxy) is 1. The lowest BCUT2D eigenvalue weighted by Crippen LogP contribution is -2.07. The predicted molar refractivity (Wildman–Crippen MR) is 56.9 cm³/mol. The first-order valence-electron chi connectivity index (χ1n) is 4.71. The summed E-state index contributed by atoms with van der Waals surface area (Å²) in [6, 6.07) is 7.52. The Kier molecular flexibility index (Phi) is 3.13. The highest BCUT2D eigenvalue weighted by Gasteiger charge is 2.10. The number of nitrogens with two attached hydrogens (primary N) is 1. The Morgan fingerprint density at radius 3 is 2.94 bits per heavy atom. The Hall–Kier alpha value is -1.92. The highest BCUT2D eigenvalue weighted by Crippen LogP contribution is 2.22. The van der Waals surface area contributed by atoms with Gasteiger partial charge in [0.25, 0.3) is 0 Å². The standard InChI is InChI=1S/C10H12N4O2/c1-15-10-5-3-2-4-9(10)14-8(7-16-11)6-12-13-14/h2-6H,7,11H2,1H3. The molecule has 0 unspecified atom stereocenters. The Balaban J connectivity index is 2.45. The molecule has 6 heteroatoms. The number of benzene rings is 1. The van der Waals surface area contributed by atoms with Gasteiger partial charge in [0.1, 0.15) is 18.0 Å². The molecule has 1 aromatic heterocycles. The average Bonchev–Trinajstić information content (AvgIpc) is 2.77. The second-order valence-electron chi connectivity index (χ2n) is 3.12. The average molecular weight is 220 g/mol. The third-order valence-corrected chi connectivity index (χ3v) is 2.16. The zero-order valence-corrected chi connectivity index (χ0v) is 8.83. The van der Waals surface area contributed by atoms with Crippen molar-refractivity contribution in [3.8, 4) is 11.4 Å². The molecule has 2 aromatic rings. The molecule has 0 aliphatic carbocycles. The maximum absolute atomic E-state index is 5.24. The van der Waals surface area contributed by atoms with Crippen molar-refractivity contribution < 1.29 is 9.57 Å². The first-order valence-corrected chi connectivity index (χ1v) is 4.71. The summed E-state index contributed by atoms with van der Waals surface area (Å²) in [6.07, 6.45) is 1.60.